The van der Waals surface area contributed by atoms with Gasteiger partial charge in [0.15, 0.2) is 11.8 Å². The molecule has 0 radical (unpaired) electrons. The zero-order chi connectivity index (χ0) is 18.7. The normalized spacial score (nSPS) is 13.5. The summed E-state index contributed by atoms with van der Waals surface area (Å²) in [5.41, 5.74) is 2.24. The van der Waals surface area contributed by atoms with Gasteiger partial charge in [-0.3, -0.25) is 4.79 Å². The molecule has 2 heterocycles. The summed E-state index contributed by atoms with van der Waals surface area (Å²) in [6.45, 7) is 10.0. The number of aryl methyl sites for hydroxylation is 2. The number of Topliss-reactive ketones (excluding diaryl/α,β-unsaturated/α-hetero) is 1. The molecular weight excluding hydrogens is 320 g/mol. The number of rotatable bonds is 7. The molecule has 0 spiro atoms. The highest BCUT2D eigenvalue weighted by Crippen LogP contribution is 2.20. The Morgan fingerprint density at radius 2 is 1.96 bits per heavy atom. The van der Waals surface area contributed by atoms with Crippen molar-refractivity contribution in [1.29, 1.82) is 0 Å². The van der Waals surface area contributed by atoms with Crippen LogP contribution < -0.4 is 4.90 Å². The minimum Gasteiger partial charge on any atom is -0.462 e. The van der Waals surface area contributed by atoms with E-state index in [1.165, 1.54) is 0 Å². The van der Waals surface area contributed by atoms with E-state index < -0.39 is 5.97 Å². The number of furan rings is 1. The fourth-order valence-corrected chi connectivity index (χ4v) is 2.95. The van der Waals surface area contributed by atoms with Gasteiger partial charge in [-0.2, -0.15) is 0 Å². The van der Waals surface area contributed by atoms with Gasteiger partial charge in [-0.15, -0.1) is 0 Å². The highest BCUT2D eigenvalue weighted by Gasteiger charge is 2.30. The number of carbonyl (C=O) groups is 2. The molecular formula is C19H27N2O4+. The van der Waals surface area contributed by atoms with Crippen LogP contribution in [0.1, 0.15) is 57.5 Å². The number of quaternary nitrogens is 1. The van der Waals surface area contributed by atoms with Crippen molar-refractivity contribution in [3.8, 4) is 0 Å². The molecule has 0 saturated heterocycles. The van der Waals surface area contributed by atoms with Gasteiger partial charge >= 0.3 is 5.97 Å². The number of ether oxygens (including phenoxy) is 1. The SMILES string of the molecule is CCOC(=O)c1c(C)[nH]c(C(=O)[C@@H](C)[NH+](C)Cc2ccc(C)o2)c1C. The Balaban J connectivity index is 2.19. The molecule has 2 aromatic heterocycles. The molecule has 6 heteroatoms. The molecule has 0 fully saturated rings. The number of ketones is 1. The maximum Gasteiger partial charge on any atom is 0.340 e. The third kappa shape index (κ3) is 4.02. The molecule has 2 N–H and O–H groups in total. The second-order valence-electron chi connectivity index (χ2n) is 6.47. The van der Waals surface area contributed by atoms with Gasteiger partial charge in [0, 0.05) is 5.69 Å². The summed E-state index contributed by atoms with van der Waals surface area (Å²) < 4.78 is 10.7. The van der Waals surface area contributed by atoms with Gasteiger partial charge in [0.05, 0.1) is 24.9 Å². The van der Waals surface area contributed by atoms with Crippen molar-refractivity contribution >= 4 is 11.8 Å². The number of hydrogen-bond acceptors (Lipinski definition) is 4. The molecule has 0 saturated carbocycles. The number of carbonyl (C=O) groups excluding carboxylic acids is 2. The molecule has 1 unspecified atom stereocenters. The lowest BCUT2D eigenvalue weighted by atomic mass is 10.0. The first-order valence-corrected chi connectivity index (χ1v) is 8.54. The minimum atomic E-state index is -0.396. The van der Waals surface area contributed by atoms with E-state index in [9.17, 15) is 9.59 Å². The second kappa shape index (κ2) is 7.70. The smallest absolute Gasteiger partial charge is 0.340 e. The third-order valence-electron chi connectivity index (χ3n) is 4.55. The van der Waals surface area contributed by atoms with Crippen molar-refractivity contribution in [2.45, 2.75) is 47.2 Å². The zero-order valence-electron chi connectivity index (χ0n) is 15.8. The summed E-state index contributed by atoms with van der Waals surface area (Å²) in [5, 5.41) is 0. The highest BCUT2D eigenvalue weighted by atomic mass is 16.5. The lowest BCUT2D eigenvalue weighted by Gasteiger charge is -2.19. The van der Waals surface area contributed by atoms with Crippen molar-refractivity contribution in [3.63, 3.8) is 0 Å². The van der Waals surface area contributed by atoms with Gasteiger partial charge in [0.25, 0.3) is 0 Å². The fourth-order valence-electron chi connectivity index (χ4n) is 2.95. The molecule has 0 bridgehead atoms. The van der Waals surface area contributed by atoms with Gasteiger partial charge in [-0.1, -0.05) is 0 Å². The second-order valence-corrected chi connectivity index (χ2v) is 6.47. The van der Waals surface area contributed by atoms with Crippen LogP contribution in [0.3, 0.4) is 0 Å². The summed E-state index contributed by atoms with van der Waals surface area (Å²) in [6.07, 6.45) is 0. The number of hydrogen-bond donors (Lipinski definition) is 2. The fraction of sp³-hybridized carbons (Fsp3) is 0.474. The van der Waals surface area contributed by atoms with Crippen molar-refractivity contribution in [3.05, 3.63) is 46.2 Å². The van der Waals surface area contributed by atoms with E-state index >= 15 is 0 Å². The molecule has 0 aliphatic rings. The number of nitrogens with one attached hydrogen (secondary N) is 2. The molecule has 0 aliphatic carbocycles. The minimum absolute atomic E-state index is 0.0306. The van der Waals surface area contributed by atoms with E-state index in [-0.39, 0.29) is 11.8 Å². The molecule has 0 aliphatic heterocycles. The molecule has 136 valence electrons. The summed E-state index contributed by atoms with van der Waals surface area (Å²) in [5.74, 6) is 1.28. The van der Waals surface area contributed by atoms with Crippen LogP contribution in [0.4, 0.5) is 0 Å². The van der Waals surface area contributed by atoms with E-state index in [1.54, 1.807) is 20.8 Å². The average Bonchev–Trinajstić information content (AvgIpc) is 3.08. The number of esters is 1. The molecule has 2 aromatic rings. The first-order chi connectivity index (χ1) is 11.8. The monoisotopic (exact) mass is 347 g/mol. The van der Waals surface area contributed by atoms with Gasteiger partial charge in [-0.05, 0) is 52.3 Å². The molecule has 6 nitrogen and oxygen atoms in total. The summed E-state index contributed by atoms with van der Waals surface area (Å²) in [4.78, 5) is 29.1. The average molecular weight is 347 g/mol. The van der Waals surface area contributed by atoms with Crippen molar-refractivity contribution < 1.29 is 23.6 Å². The quantitative estimate of drug-likeness (QED) is 0.593. The van der Waals surface area contributed by atoms with Gasteiger partial charge < -0.3 is 19.0 Å². The van der Waals surface area contributed by atoms with Crippen LogP contribution >= 0.6 is 0 Å². The van der Waals surface area contributed by atoms with Crippen molar-refractivity contribution in [1.82, 2.24) is 4.98 Å². The summed E-state index contributed by atoms with van der Waals surface area (Å²) in [6, 6.07) is 3.56. The predicted molar refractivity (Wildman–Crippen MR) is 94.1 cm³/mol. The molecule has 0 amide bonds. The predicted octanol–water partition coefficient (Wildman–Crippen LogP) is 2.00. The van der Waals surface area contributed by atoms with E-state index in [1.807, 2.05) is 33.0 Å². The lowest BCUT2D eigenvalue weighted by molar-refractivity contribution is -0.908. The first-order valence-electron chi connectivity index (χ1n) is 8.54. The van der Waals surface area contributed by atoms with E-state index in [2.05, 4.69) is 4.98 Å². The molecule has 2 atom stereocenters. The highest BCUT2D eigenvalue weighted by molar-refractivity contribution is 6.03. The maximum absolute atomic E-state index is 12.9. The third-order valence-corrected chi connectivity index (χ3v) is 4.55. The van der Waals surface area contributed by atoms with Crippen LogP contribution in [0.25, 0.3) is 0 Å². The topological polar surface area (TPSA) is 76.7 Å². The number of likely N-dealkylation sites (N-methyl/N-ethyl adjacent to an activating group) is 1. The van der Waals surface area contributed by atoms with Crippen LogP contribution in [0.15, 0.2) is 16.5 Å². The van der Waals surface area contributed by atoms with Crippen LogP contribution in [0.5, 0.6) is 0 Å². The first kappa shape index (κ1) is 19.0. The van der Waals surface area contributed by atoms with E-state index in [0.29, 0.717) is 35.7 Å². The van der Waals surface area contributed by atoms with Crippen LogP contribution in [-0.4, -0.2) is 36.4 Å². The Bertz CT molecular complexity index is 772. The van der Waals surface area contributed by atoms with E-state index in [4.69, 9.17) is 9.15 Å². The summed E-state index contributed by atoms with van der Waals surface area (Å²) in [7, 11) is 1.96. The Hall–Kier alpha value is -2.34. The summed E-state index contributed by atoms with van der Waals surface area (Å²) >= 11 is 0. The molecule has 2 rings (SSSR count). The van der Waals surface area contributed by atoms with E-state index in [0.717, 1.165) is 16.4 Å². The van der Waals surface area contributed by atoms with Gasteiger partial charge in [0.1, 0.15) is 12.3 Å². The maximum atomic E-state index is 12.9. The molecule has 0 aromatic carbocycles. The van der Waals surface area contributed by atoms with Gasteiger partial charge in [-0.25, -0.2) is 4.79 Å². The Labute approximate surface area is 148 Å². The molecule has 25 heavy (non-hydrogen) atoms. The van der Waals surface area contributed by atoms with Crippen LogP contribution in [-0.2, 0) is 11.3 Å². The van der Waals surface area contributed by atoms with Crippen LogP contribution in [0.2, 0.25) is 0 Å². The van der Waals surface area contributed by atoms with Gasteiger partial charge in [0.2, 0.25) is 5.78 Å². The Morgan fingerprint density at radius 3 is 2.52 bits per heavy atom. The number of H-pyrrole nitrogens is 1. The zero-order valence-corrected chi connectivity index (χ0v) is 15.8. The Morgan fingerprint density at radius 1 is 1.28 bits per heavy atom. The van der Waals surface area contributed by atoms with Crippen molar-refractivity contribution in [2.75, 3.05) is 13.7 Å². The largest absolute Gasteiger partial charge is 0.462 e. The lowest BCUT2D eigenvalue weighted by Crippen LogP contribution is -3.12. The standard InChI is InChI=1S/C19H26N2O4/c1-7-24-19(23)16-12(3)17(20-13(16)4)18(22)14(5)21(6)10-15-9-8-11(2)25-15/h8-9,14,20H,7,10H2,1-6H3/p+1/t14-/m1/s1. The van der Waals surface area contributed by atoms with Crippen LogP contribution in [0, 0.1) is 20.8 Å². The number of aromatic nitrogens is 1. The Kier molecular flexibility index (Phi) is 5.85. The number of aromatic amines is 1. The van der Waals surface area contributed by atoms with Crippen molar-refractivity contribution in [2.24, 2.45) is 0 Å².